The number of rotatable bonds is 11. The van der Waals surface area contributed by atoms with Crippen LogP contribution < -0.4 is 0 Å². The second kappa shape index (κ2) is 10.5. The largest absolute Gasteiger partial charge is 0.394 e. The minimum Gasteiger partial charge on any atom is -0.394 e. The third-order valence-corrected chi connectivity index (χ3v) is 3.28. The van der Waals surface area contributed by atoms with E-state index in [0.29, 0.717) is 6.42 Å². The molecule has 0 aliphatic heterocycles. The molecule has 19 heavy (non-hydrogen) atoms. The van der Waals surface area contributed by atoms with E-state index in [0.717, 1.165) is 32.1 Å². The van der Waals surface area contributed by atoms with Crippen LogP contribution in [-0.2, 0) is 0 Å². The van der Waals surface area contributed by atoms with Crippen molar-refractivity contribution in [2.45, 2.75) is 76.0 Å². The molecule has 1 unspecified atom stereocenters. The van der Waals surface area contributed by atoms with Gasteiger partial charge < -0.3 is 30.6 Å². The van der Waals surface area contributed by atoms with Crippen LogP contribution in [0.1, 0.15) is 45.4 Å². The van der Waals surface area contributed by atoms with Crippen molar-refractivity contribution in [3.05, 3.63) is 0 Å². The fourth-order valence-electron chi connectivity index (χ4n) is 1.89. The Morgan fingerprint density at radius 2 is 1.21 bits per heavy atom. The minimum atomic E-state index is -1.69. The Morgan fingerprint density at radius 1 is 0.684 bits per heavy atom. The second-order valence-corrected chi connectivity index (χ2v) is 4.99. The van der Waals surface area contributed by atoms with Gasteiger partial charge in [-0.1, -0.05) is 39.0 Å². The van der Waals surface area contributed by atoms with Crippen molar-refractivity contribution in [2.75, 3.05) is 6.61 Å². The first-order valence-electron chi connectivity index (χ1n) is 6.96. The zero-order valence-corrected chi connectivity index (χ0v) is 11.5. The molecule has 0 fully saturated rings. The van der Waals surface area contributed by atoms with E-state index < -0.39 is 37.1 Å². The topological polar surface area (TPSA) is 121 Å². The SMILES string of the molecule is CCCCCCCC(O)[C@H](O)[C@@H](O)[C@H](O)[C@H](O)CO. The van der Waals surface area contributed by atoms with E-state index in [1.807, 2.05) is 0 Å². The minimum absolute atomic E-state index is 0.323. The fraction of sp³-hybridized carbons (Fsp3) is 1.00. The second-order valence-electron chi connectivity index (χ2n) is 4.99. The van der Waals surface area contributed by atoms with Crippen LogP contribution in [0.5, 0.6) is 0 Å². The molecule has 116 valence electrons. The maximum absolute atomic E-state index is 9.68. The quantitative estimate of drug-likeness (QED) is 0.274. The molecule has 0 saturated carbocycles. The Labute approximate surface area is 114 Å². The van der Waals surface area contributed by atoms with Crippen LogP contribution in [0.4, 0.5) is 0 Å². The fourth-order valence-corrected chi connectivity index (χ4v) is 1.89. The van der Waals surface area contributed by atoms with Gasteiger partial charge in [-0.25, -0.2) is 0 Å². The lowest BCUT2D eigenvalue weighted by Gasteiger charge is -2.28. The molecule has 5 atom stereocenters. The van der Waals surface area contributed by atoms with Gasteiger partial charge in [0.05, 0.1) is 12.7 Å². The van der Waals surface area contributed by atoms with Crippen LogP contribution in [-0.4, -0.2) is 67.8 Å². The summed E-state index contributed by atoms with van der Waals surface area (Å²) in [5.74, 6) is 0. The first kappa shape index (κ1) is 18.8. The lowest BCUT2D eigenvalue weighted by Crippen LogP contribution is -2.49. The van der Waals surface area contributed by atoms with Gasteiger partial charge in [0.1, 0.15) is 24.4 Å². The summed E-state index contributed by atoms with van der Waals surface area (Å²) in [6.45, 7) is 1.38. The number of hydrogen-bond donors (Lipinski definition) is 6. The van der Waals surface area contributed by atoms with Crippen molar-refractivity contribution in [2.24, 2.45) is 0 Å². The average Bonchev–Trinajstić information content (AvgIpc) is 2.43. The van der Waals surface area contributed by atoms with Crippen molar-refractivity contribution < 1.29 is 30.6 Å². The van der Waals surface area contributed by atoms with Crippen molar-refractivity contribution in [3.63, 3.8) is 0 Å². The number of aliphatic hydroxyl groups excluding tert-OH is 6. The molecule has 0 aliphatic carbocycles. The highest BCUT2D eigenvalue weighted by Crippen LogP contribution is 2.14. The third-order valence-electron chi connectivity index (χ3n) is 3.28. The molecule has 0 heterocycles. The van der Waals surface area contributed by atoms with Gasteiger partial charge in [-0.05, 0) is 6.42 Å². The number of unbranched alkanes of at least 4 members (excludes halogenated alkanes) is 4. The van der Waals surface area contributed by atoms with Crippen LogP contribution in [0, 0.1) is 0 Å². The molecule has 6 N–H and O–H groups in total. The smallest absolute Gasteiger partial charge is 0.111 e. The van der Waals surface area contributed by atoms with Gasteiger partial charge in [0.25, 0.3) is 0 Å². The first-order valence-corrected chi connectivity index (χ1v) is 6.96. The summed E-state index contributed by atoms with van der Waals surface area (Å²) < 4.78 is 0. The van der Waals surface area contributed by atoms with Gasteiger partial charge in [-0.15, -0.1) is 0 Å². The van der Waals surface area contributed by atoms with E-state index >= 15 is 0 Å². The molecule has 0 aromatic carbocycles. The Hall–Kier alpha value is -0.240. The molecule has 0 spiro atoms. The average molecular weight is 280 g/mol. The van der Waals surface area contributed by atoms with Gasteiger partial charge in [0.2, 0.25) is 0 Å². The molecule has 6 heteroatoms. The lowest BCUT2D eigenvalue weighted by atomic mass is 9.96. The van der Waals surface area contributed by atoms with E-state index in [9.17, 15) is 20.4 Å². The van der Waals surface area contributed by atoms with E-state index in [1.165, 1.54) is 0 Å². The molecule has 6 nitrogen and oxygen atoms in total. The molecule has 0 aliphatic rings. The summed E-state index contributed by atoms with van der Waals surface area (Å²) in [5.41, 5.74) is 0. The molecule has 0 bridgehead atoms. The predicted octanol–water partition coefficient (Wildman–Crippen LogP) is -0.856. The van der Waals surface area contributed by atoms with Gasteiger partial charge in [-0.3, -0.25) is 0 Å². The summed E-state index contributed by atoms with van der Waals surface area (Å²) in [6, 6.07) is 0. The molecule has 0 amide bonds. The summed E-state index contributed by atoms with van der Waals surface area (Å²) in [5, 5.41) is 56.1. The van der Waals surface area contributed by atoms with Crippen molar-refractivity contribution in [1.29, 1.82) is 0 Å². The third kappa shape index (κ3) is 7.20. The van der Waals surface area contributed by atoms with Gasteiger partial charge in [0.15, 0.2) is 0 Å². The first-order chi connectivity index (χ1) is 8.95. The molecular weight excluding hydrogens is 252 g/mol. The predicted molar refractivity (Wildman–Crippen MR) is 70.5 cm³/mol. The monoisotopic (exact) mass is 280 g/mol. The molecule has 0 radical (unpaired) electrons. The Morgan fingerprint density at radius 3 is 1.74 bits per heavy atom. The normalized spacial score (nSPS) is 19.7. The number of aliphatic hydroxyl groups is 6. The molecule has 0 aromatic heterocycles. The van der Waals surface area contributed by atoms with E-state index in [1.54, 1.807) is 0 Å². The van der Waals surface area contributed by atoms with E-state index in [-0.39, 0.29) is 0 Å². The highest BCUT2D eigenvalue weighted by molar-refractivity contribution is 4.84. The summed E-state index contributed by atoms with van der Waals surface area (Å²) in [6.07, 6.45) is -2.31. The van der Waals surface area contributed by atoms with E-state index in [4.69, 9.17) is 10.2 Å². The van der Waals surface area contributed by atoms with E-state index in [2.05, 4.69) is 6.92 Å². The van der Waals surface area contributed by atoms with Gasteiger partial charge in [-0.2, -0.15) is 0 Å². The maximum Gasteiger partial charge on any atom is 0.111 e. The van der Waals surface area contributed by atoms with Crippen LogP contribution in [0.2, 0.25) is 0 Å². The number of hydrogen-bond acceptors (Lipinski definition) is 6. The molecule has 0 saturated heterocycles. The Balaban J connectivity index is 3.99. The highest BCUT2D eigenvalue weighted by Gasteiger charge is 2.33. The summed E-state index contributed by atoms with van der Waals surface area (Å²) >= 11 is 0. The maximum atomic E-state index is 9.68. The lowest BCUT2D eigenvalue weighted by molar-refractivity contribution is -0.141. The van der Waals surface area contributed by atoms with Crippen LogP contribution in [0.3, 0.4) is 0 Å². The van der Waals surface area contributed by atoms with Gasteiger partial charge >= 0.3 is 0 Å². The van der Waals surface area contributed by atoms with Crippen molar-refractivity contribution in [3.8, 4) is 0 Å². The molecule has 0 aromatic rings. The highest BCUT2D eigenvalue weighted by atomic mass is 16.4. The molecule has 0 rings (SSSR count). The van der Waals surface area contributed by atoms with Crippen molar-refractivity contribution in [1.82, 2.24) is 0 Å². The van der Waals surface area contributed by atoms with Crippen LogP contribution in [0.25, 0.3) is 0 Å². The van der Waals surface area contributed by atoms with Crippen molar-refractivity contribution >= 4 is 0 Å². The van der Waals surface area contributed by atoms with Crippen LogP contribution in [0.15, 0.2) is 0 Å². The summed E-state index contributed by atoms with van der Waals surface area (Å²) in [7, 11) is 0. The Kier molecular flexibility index (Phi) is 10.4. The molecular formula is C13H28O6. The zero-order valence-electron chi connectivity index (χ0n) is 11.5. The zero-order chi connectivity index (χ0) is 14.8. The Bertz CT molecular complexity index is 213. The summed E-state index contributed by atoms with van der Waals surface area (Å²) in [4.78, 5) is 0. The van der Waals surface area contributed by atoms with Crippen LogP contribution >= 0.6 is 0 Å². The standard InChI is InChI=1S/C13H28O6/c1-2-3-4-5-6-7-9(15)11(17)13(19)12(18)10(16)8-14/h9-19H,2-8H2,1H3/t9?,10-,11+,12-,13-/m1/s1. The van der Waals surface area contributed by atoms with Gasteiger partial charge in [0, 0.05) is 0 Å².